The quantitative estimate of drug-likeness (QED) is 0.549. The Hall–Kier alpha value is -0.660. The number of hydrogen-bond acceptors (Lipinski definition) is 4. The van der Waals surface area contributed by atoms with Crippen LogP contribution in [0.25, 0.3) is 0 Å². The summed E-state index contributed by atoms with van der Waals surface area (Å²) < 4.78 is 26.3. The lowest BCUT2D eigenvalue weighted by molar-refractivity contribution is 0.207. The fraction of sp³-hybridized carbons (Fsp3) is 0.909. The van der Waals surface area contributed by atoms with Crippen LogP contribution >= 0.6 is 0 Å². The summed E-state index contributed by atoms with van der Waals surface area (Å²) in [7, 11) is -3.09. The summed E-state index contributed by atoms with van der Waals surface area (Å²) >= 11 is 0. The third kappa shape index (κ3) is 3.02. The van der Waals surface area contributed by atoms with E-state index in [-0.39, 0.29) is 11.1 Å². The van der Waals surface area contributed by atoms with E-state index in [1.54, 1.807) is 4.31 Å². The zero-order valence-electron chi connectivity index (χ0n) is 10.6. The molecule has 18 heavy (non-hydrogen) atoms. The van der Waals surface area contributed by atoms with Gasteiger partial charge in [-0.25, -0.2) is 8.42 Å². The van der Waals surface area contributed by atoms with Crippen LogP contribution in [0.3, 0.4) is 0 Å². The number of nitrogens with two attached hydrogens (primary N) is 1. The maximum absolute atomic E-state index is 12.4. The van der Waals surface area contributed by atoms with Crippen LogP contribution in [0.4, 0.5) is 0 Å². The van der Waals surface area contributed by atoms with E-state index in [4.69, 9.17) is 11.1 Å². The standard InChI is InChI=1S/C11H22N4O2S/c12-11(13)9-14-5-7-15(8-6-14)18(16,17)10-3-1-2-4-10/h10H,1-9H2,(H3,12,13). The number of nitrogens with one attached hydrogen (secondary N) is 1. The molecule has 7 heteroatoms. The van der Waals surface area contributed by atoms with Gasteiger partial charge in [-0.2, -0.15) is 4.31 Å². The molecule has 1 saturated carbocycles. The minimum atomic E-state index is -3.09. The summed E-state index contributed by atoms with van der Waals surface area (Å²) in [5.41, 5.74) is 5.35. The van der Waals surface area contributed by atoms with Crippen molar-refractivity contribution in [3.8, 4) is 0 Å². The SMILES string of the molecule is N=C(N)CN1CCN(S(=O)(=O)C2CCCC2)CC1. The monoisotopic (exact) mass is 274 g/mol. The number of hydrogen-bond donors (Lipinski definition) is 2. The molecular formula is C11H22N4O2S. The van der Waals surface area contributed by atoms with Crippen LogP contribution in [-0.4, -0.2) is 61.4 Å². The second-order valence-corrected chi connectivity index (χ2v) is 7.36. The number of nitrogens with zero attached hydrogens (tertiary/aromatic N) is 2. The minimum absolute atomic E-state index is 0.141. The molecule has 1 saturated heterocycles. The molecular weight excluding hydrogens is 252 g/mol. The molecule has 3 N–H and O–H groups in total. The summed E-state index contributed by atoms with van der Waals surface area (Å²) in [5.74, 6) is 0.141. The minimum Gasteiger partial charge on any atom is -0.387 e. The van der Waals surface area contributed by atoms with Crippen molar-refractivity contribution >= 4 is 15.9 Å². The van der Waals surface area contributed by atoms with Gasteiger partial charge in [-0.15, -0.1) is 0 Å². The number of rotatable bonds is 4. The zero-order chi connectivity index (χ0) is 13.2. The van der Waals surface area contributed by atoms with Crippen molar-refractivity contribution in [3.63, 3.8) is 0 Å². The molecule has 0 radical (unpaired) electrons. The lowest BCUT2D eigenvalue weighted by atomic mass is 10.3. The van der Waals surface area contributed by atoms with E-state index in [2.05, 4.69) is 0 Å². The van der Waals surface area contributed by atoms with Crippen LogP contribution in [-0.2, 0) is 10.0 Å². The predicted molar refractivity (Wildman–Crippen MR) is 71.1 cm³/mol. The van der Waals surface area contributed by atoms with Gasteiger partial charge >= 0.3 is 0 Å². The summed E-state index contributed by atoms with van der Waals surface area (Å²) in [6.07, 6.45) is 3.70. The highest BCUT2D eigenvalue weighted by Gasteiger charge is 2.35. The molecule has 0 aromatic rings. The van der Waals surface area contributed by atoms with Crippen molar-refractivity contribution in [3.05, 3.63) is 0 Å². The molecule has 104 valence electrons. The van der Waals surface area contributed by atoms with Gasteiger partial charge in [0.25, 0.3) is 0 Å². The molecule has 1 heterocycles. The van der Waals surface area contributed by atoms with Gasteiger partial charge in [0, 0.05) is 26.2 Å². The second-order valence-electron chi connectivity index (χ2n) is 5.15. The number of piperazine rings is 1. The van der Waals surface area contributed by atoms with E-state index < -0.39 is 10.0 Å². The fourth-order valence-corrected chi connectivity index (χ4v) is 4.80. The molecule has 2 rings (SSSR count). The van der Waals surface area contributed by atoms with E-state index >= 15 is 0 Å². The summed E-state index contributed by atoms with van der Waals surface area (Å²) in [4.78, 5) is 2.03. The van der Waals surface area contributed by atoms with Gasteiger partial charge in [-0.3, -0.25) is 10.3 Å². The van der Waals surface area contributed by atoms with Crippen LogP contribution in [0.5, 0.6) is 0 Å². The van der Waals surface area contributed by atoms with Crippen LogP contribution in [0.15, 0.2) is 0 Å². The Balaban J connectivity index is 1.90. The van der Waals surface area contributed by atoms with Crippen molar-refractivity contribution in [1.29, 1.82) is 5.41 Å². The lowest BCUT2D eigenvalue weighted by Crippen LogP contribution is -2.52. The molecule has 0 unspecified atom stereocenters. The first-order valence-corrected chi connectivity index (χ1v) is 8.04. The third-order valence-electron chi connectivity index (χ3n) is 3.81. The fourth-order valence-electron chi connectivity index (χ4n) is 2.78. The van der Waals surface area contributed by atoms with E-state index in [1.165, 1.54) is 0 Å². The highest BCUT2D eigenvalue weighted by molar-refractivity contribution is 7.89. The van der Waals surface area contributed by atoms with E-state index in [0.29, 0.717) is 32.7 Å². The third-order valence-corrected chi connectivity index (χ3v) is 6.21. The number of amidine groups is 1. The van der Waals surface area contributed by atoms with Gasteiger partial charge in [-0.05, 0) is 12.8 Å². The Bertz CT molecular complexity index is 395. The highest BCUT2D eigenvalue weighted by Crippen LogP contribution is 2.27. The first-order chi connectivity index (χ1) is 8.50. The predicted octanol–water partition coefficient (Wildman–Crippen LogP) is -0.188. The second kappa shape index (κ2) is 5.54. The molecule has 0 atom stereocenters. The van der Waals surface area contributed by atoms with E-state index in [9.17, 15) is 8.42 Å². The summed E-state index contributed by atoms with van der Waals surface area (Å²) in [6, 6.07) is 0. The van der Waals surface area contributed by atoms with Gasteiger partial charge in [0.2, 0.25) is 10.0 Å². The molecule has 6 nitrogen and oxygen atoms in total. The summed E-state index contributed by atoms with van der Waals surface area (Å²) in [6.45, 7) is 2.85. The Morgan fingerprint density at radius 1 is 1.17 bits per heavy atom. The first-order valence-electron chi connectivity index (χ1n) is 6.54. The average Bonchev–Trinajstić information content (AvgIpc) is 2.83. The van der Waals surface area contributed by atoms with Crippen LogP contribution in [0, 0.1) is 5.41 Å². The molecule has 0 spiro atoms. The Morgan fingerprint density at radius 3 is 2.22 bits per heavy atom. The van der Waals surface area contributed by atoms with Gasteiger partial charge in [0.15, 0.2) is 0 Å². The van der Waals surface area contributed by atoms with Crippen LogP contribution in [0.1, 0.15) is 25.7 Å². The van der Waals surface area contributed by atoms with Crippen molar-refractivity contribution in [1.82, 2.24) is 9.21 Å². The lowest BCUT2D eigenvalue weighted by Gasteiger charge is -2.35. The highest BCUT2D eigenvalue weighted by atomic mass is 32.2. The average molecular weight is 274 g/mol. The molecule has 0 aromatic heterocycles. The Morgan fingerprint density at radius 2 is 1.72 bits per heavy atom. The molecule has 2 aliphatic rings. The van der Waals surface area contributed by atoms with Gasteiger partial charge < -0.3 is 5.73 Å². The van der Waals surface area contributed by atoms with Crippen LogP contribution < -0.4 is 5.73 Å². The molecule has 0 amide bonds. The Labute approximate surface area is 109 Å². The van der Waals surface area contributed by atoms with Crippen molar-refractivity contribution in [2.24, 2.45) is 5.73 Å². The molecule has 1 aliphatic carbocycles. The van der Waals surface area contributed by atoms with Gasteiger partial charge in [0.05, 0.1) is 11.8 Å². The molecule has 0 bridgehead atoms. The maximum atomic E-state index is 12.4. The molecule has 0 aromatic carbocycles. The summed E-state index contributed by atoms with van der Waals surface area (Å²) in [5, 5.41) is 7.09. The number of sulfonamides is 1. The van der Waals surface area contributed by atoms with Crippen molar-refractivity contribution < 1.29 is 8.42 Å². The van der Waals surface area contributed by atoms with Crippen molar-refractivity contribution in [2.75, 3.05) is 32.7 Å². The Kier molecular flexibility index (Phi) is 4.24. The maximum Gasteiger partial charge on any atom is 0.217 e. The largest absolute Gasteiger partial charge is 0.387 e. The van der Waals surface area contributed by atoms with Gasteiger partial charge in [-0.1, -0.05) is 12.8 Å². The van der Waals surface area contributed by atoms with E-state index in [0.717, 1.165) is 25.7 Å². The normalized spacial score (nSPS) is 24.4. The van der Waals surface area contributed by atoms with Crippen molar-refractivity contribution in [2.45, 2.75) is 30.9 Å². The first kappa shape index (κ1) is 13.8. The zero-order valence-corrected chi connectivity index (χ0v) is 11.5. The van der Waals surface area contributed by atoms with Gasteiger partial charge in [0.1, 0.15) is 5.84 Å². The smallest absolute Gasteiger partial charge is 0.217 e. The van der Waals surface area contributed by atoms with E-state index in [1.807, 2.05) is 4.90 Å². The van der Waals surface area contributed by atoms with Crippen LogP contribution in [0.2, 0.25) is 0 Å². The molecule has 1 aliphatic heterocycles. The topological polar surface area (TPSA) is 90.5 Å². The molecule has 2 fully saturated rings.